The van der Waals surface area contributed by atoms with Crippen LogP contribution in [0.2, 0.25) is 0 Å². The van der Waals surface area contributed by atoms with Gasteiger partial charge in [-0.05, 0) is 36.7 Å². The molecule has 1 fully saturated rings. The number of azo groups is 1. The van der Waals surface area contributed by atoms with Crippen LogP contribution < -0.4 is 5.63 Å². The number of aromatic nitrogens is 2. The van der Waals surface area contributed by atoms with Gasteiger partial charge in [0, 0.05) is 13.1 Å². The molecule has 0 aliphatic carbocycles. The first kappa shape index (κ1) is 17.5. The fraction of sp³-hybridized carbons (Fsp3) is 0.562. The third-order valence-corrected chi connectivity index (χ3v) is 4.94. The molecular weight excluding hydrogens is 342 g/mol. The van der Waals surface area contributed by atoms with Crippen molar-refractivity contribution >= 4 is 28.1 Å². The molecule has 3 heterocycles. The van der Waals surface area contributed by atoms with Gasteiger partial charge in [0.25, 0.3) is 5.91 Å². The minimum Gasteiger partial charge on any atom is -0.338 e. The molecule has 2 aromatic rings. The van der Waals surface area contributed by atoms with Crippen molar-refractivity contribution < 1.29 is 9.32 Å². The summed E-state index contributed by atoms with van der Waals surface area (Å²) < 4.78 is 9.16. The molecule has 0 atom stereocenters. The molecule has 0 aromatic carbocycles. The Balaban J connectivity index is 1.98. The zero-order valence-electron chi connectivity index (χ0n) is 14.5. The molecule has 1 aliphatic heterocycles. The maximum atomic E-state index is 12.9. The Labute approximate surface area is 149 Å². The second-order valence-corrected chi connectivity index (χ2v) is 7.03. The summed E-state index contributed by atoms with van der Waals surface area (Å²) in [6, 6.07) is 0. The zero-order chi connectivity index (χ0) is 18.0. The van der Waals surface area contributed by atoms with Gasteiger partial charge in [-0.3, -0.25) is 4.79 Å². The predicted octanol–water partition coefficient (Wildman–Crippen LogP) is 3.76. The third kappa shape index (κ3) is 3.41. The highest BCUT2D eigenvalue weighted by molar-refractivity contribution is 7.10. The van der Waals surface area contributed by atoms with Gasteiger partial charge in [0.2, 0.25) is 0 Å². The highest BCUT2D eigenvalue weighted by Gasteiger charge is 2.28. The summed E-state index contributed by atoms with van der Waals surface area (Å²) in [5, 5.41) is 11.2. The van der Waals surface area contributed by atoms with Crippen LogP contribution in [0.3, 0.4) is 0 Å². The maximum absolute atomic E-state index is 12.9. The zero-order valence-corrected chi connectivity index (χ0v) is 15.4. The van der Waals surface area contributed by atoms with E-state index in [9.17, 15) is 9.59 Å². The molecule has 3 rings (SSSR count). The van der Waals surface area contributed by atoms with Gasteiger partial charge >= 0.3 is 5.63 Å². The average Bonchev–Trinajstić information content (AvgIpc) is 3.32. The van der Waals surface area contributed by atoms with Crippen molar-refractivity contribution in [2.75, 3.05) is 13.1 Å². The van der Waals surface area contributed by atoms with Gasteiger partial charge in [0.05, 0.1) is 11.4 Å². The number of nitrogens with one attached hydrogen (secondary N) is 1. The fourth-order valence-electron chi connectivity index (χ4n) is 2.80. The minimum absolute atomic E-state index is 0.0549. The van der Waals surface area contributed by atoms with Gasteiger partial charge in [0.15, 0.2) is 10.7 Å². The molecule has 25 heavy (non-hydrogen) atoms. The molecule has 2 aromatic heterocycles. The molecule has 0 radical (unpaired) electrons. The van der Waals surface area contributed by atoms with E-state index in [1.165, 1.54) is 0 Å². The molecule has 9 heteroatoms. The van der Waals surface area contributed by atoms with E-state index in [4.69, 9.17) is 4.52 Å². The van der Waals surface area contributed by atoms with Crippen molar-refractivity contribution in [3.05, 3.63) is 27.4 Å². The summed E-state index contributed by atoms with van der Waals surface area (Å²) in [6.07, 6.45) is 2.60. The number of rotatable bonds is 5. The molecular formula is C16H21N5O3S. The van der Waals surface area contributed by atoms with Crippen molar-refractivity contribution in [2.24, 2.45) is 10.2 Å². The van der Waals surface area contributed by atoms with E-state index in [0.29, 0.717) is 22.7 Å². The van der Waals surface area contributed by atoms with Gasteiger partial charge in [-0.15, -0.1) is 10.2 Å². The number of likely N-dealkylation sites (tertiary alicyclic amines) is 1. The summed E-state index contributed by atoms with van der Waals surface area (Å²) in [4.78, 5) is 26.5. The Morgan fingerprint density at radius 3 is 2.72 bits per heavy atom. The summed E-state index contributed by atoms with van der Waals surface area (Å²) in [6.45, 7) is 7.37. The molecule has 134 valence electrons. The van der Waals surface area contributed by atoms with E-state index < -0.39 is 5.63 Å². The van der Waals surface area contributed by atoms with E-state index in [-0.39, 0.29) is 17.5 Å². The van der Waals surface area contributed by atoms with Crippen molar-refractivity contribution in [1.82, 2.24) is 14.4 Å². The number of H-pyrrole nitrogens is 1. The van der Waals surface area contributed by atoms with Crippen LogP contribution in [-0.4, -0.2) is 33.4 Å². The Morgan fingerprint density at radius 1 is 1.36 bits per heavy atom. The molecule has 1 N–H and O–H groups in total. The molecule has 0 spiro atoms. The third-order valence-electron chi connectivity index (χ3n) is 4.19. The predicted molar refractivity (Wildman–Crippen MR) is 94.2 cm³/mol. The number of aryl methyl sites for hydroxylation is 1. The van der Waals surface area contributed by atoms with Gasteiger partial charge < -0.3 is 9.42 Å². The van der Waals surface area contributed by atoms with Crippen molar-refractivity contribution in [2.45, 2.75) is 46.0 Å². The molecule has 0 saturated carbocycles. The number of aromatic amines is 1. The second kappa shape index (κ2) is 7.30. The minimum atomic E-state index is -0.568. The monoisotopic (exact) mass is 363 g/mol. The summed E-state index contributed by atoms with van der Waals surface area (Å²) in [5.74, 6) is 0.0472. The second-order valence-electron chi connectivity index (χ2n) is 6.27. The van der Waals surface area contributed by atoms with E-state index in [0.717, 1.165) is 43.2 Å². The van der Waals surface area contributed by atoms with Gasteiger partial charge in [-0.2, -0.15) is 4.37 Å². The molecule has 1 amide bonds. The van der Waals surface area contributed by atoms with Crippen LogP contribution in [0.4, 0.5) is 10.7 Å². The van der Waals surface area contributed by atoms with Crippen LogP contribution in [0.15, 0.2) is 19.5 Å². The van der Waals surface area contributed by atoms with Crippen LogP contribution >= 0.6 is 11.5 Å². The lowest BCUT2D eigenvalue weighted by atomic mass is 10.0. The first-order valence-corrected chi connectivity index (χ1v) is 9.21. The maximum Gasteiger partial charge on any atom is 0.384 e. The molecule has 0 unspecified atom stereocenters. The Hall–Kier alpha value is -2.29. The van der Waals surface area contributed by atoms with Gasteiger partial charge in [-0.25, -0.2) is 9.95 Å². The highest BCUT2D eigenvalue weighted by atomic mass is 32.1. The van der Waals surface area contributed by atoms with Crippen LogP contribution in [0.1, 0.15) is 61.3 Å². The van der Waals surface area contributed by atoms with Crippen LogP contribution in [0.5, 0.6) is 0 Å². The number of amides is 1. The van der Waals surface area contributed by atoms with Crippen molar-refractivity contribution in [1.29, 1.82) is 0 Å². The Bertz CT molecular complexity index is 842. The smallest absolute Gasteiger partial charge is 0.338 e. The SMILES string of the molecule is CCc1[nH]oc(=O)c1N=Nc1snc(C(C)C)c1C(=O)N1CCCC1. The van der Waals surface area contributed by atoms with Crippen LogP contribution in [0.25, 0.3) is 0 Å². The lowest BCUT2D eigenvalue weighted by molar-refractivity contribution is 0.0792. The standard InChI is InChI=1S/C16H21N5O3S/c1-4-10-13(16(23)24-19-10)17-18-14-11(12(9(2)3)20-25-14)15(22)21-7-5-6-8-21/h9,19H,4-8H2,1-3H3. The fourth-order valence-corrected chi connectivity index (χ4v) is 3.65. The van der Waals surface area contributed by atoms with Crippen molar-refractivity contribution in [3.8, 4) is 0 Å². The normalized spacial score (nSPS) is 15.0. The lowest BCUT2D eigenvalue weighted by Crippen LogP contribution is -2.28. The number of carbonyl (C=O) groups is 1. The van der Waals surface area contributed by atoms with E-state index >= 15 is 0 Å². The quantitative estimate of drug-likeness (QED) is 0.817. The Kier molecular flexibility index (Phi) is 5.12. The summed E-state index contributed by atoms with van der Waals surface area (Å²) >= 11 is 1.13. The molecule has 1 aliphatic rings. The van der Waals surface area contributed by atoms with Crippen LogP contribution in [0, 0.1) is 0 Å². The van der Waals surface area contributed by atoms with Crippen molar-refractivity contribution in [3.63, 3.8) is 0 Å². The first-order chi connectivity index (χ1) is 12.0. The largest absolute Gasteiger partial charge is 0.384 e. The number of carbonyl (C=O) groups excluding carboxylic acids is 1. The Morgan fingerprint density at radius 2 is 2.08 bits per heavy atom. The lowest BCUT2D eigenvalue weighted by Gasteiger charge is -2.16. The summed E-state index contributed by atoms with van der Waals surface area (Å²) in [5.41, 5.74) is 1.38. The van der Waals surface area contributed by atoms with E-state index in [2.05, 4.69) is 19.8 Å². The van der Waals surface area contributed by atoms with Gasteiger partial charge in [-0.1, -0.05) is 20.8 Å². The average molecular weight is 363 g/mol. The number of hydrogen-bond donors (Lipinski definition) is 1. The van der Waals surface area contributed by atoms with E-state index in [1.54, 1.807) is 0 Å². The molecule has 0 bridgehead atoms. The topological polar surface area (TPSA) is 104 Å². The summed E-state index contributed by atoms with van der Waals surface area (Å²) in [7, 11) is 0. The highest BCUT2D eigenvalue weighted by Crippen LogP contribution is 2.35. The molecule has 8 nitrogen and oxygen atoms in total. The van der Waals surface area contributed by atoms with E-state index in [1.807, 2.05) is 25.7 Å². The van der Waals surface area contributed by atoms with Crippen LogP contribution in [-0.2, 0) is 6.42 Å². The first-order valence-electron chi connectivity index (χ1n) is 8.43. The number of nitrogens with zero attached hydrogens (tertiary/aromatic N) is 4. The van der Waals surface area contributed by atoms with Gasteiger partial charge in [0.1, 0.15) is 5.56 Å². The number of hydrogen-bond acceptors (Lipinski definition) is 7. The molecule has 1 saturated heterocycles.